The van der Waals surface area contributed by atoms with Crippen LogP contribution in [0.1, 0.15) is 10.4 Å². The average Bonchev–Trinajstić information content (AvgIpc) is 2.42. The number of aromatic nitrogens is 1. The molecule has 13 heavy (non-hydrogen) atoms. The van der Waals surface area contributed by atoms with Gasteiger partial charge in [0.2, 0.25) is 5.91 Å². The molecule has 1 aromatic carbocycles. The summed E-state index contributed by atoms with van der Waals surface area (Å²) in [5.74, 6) is -0.471. The van der Waals surface area contributed by atoms with Gasteiger partial charge in [-0.3, -0.25) is 4.79 Å². The number of halogens is 1. The molecule has 4 nitrogen and oxygen atoms in total. The Morgan fingerprint density at radius 3 is 3.00 bits per heavy atom. The molecule has 0 aliphatic carbocycles. The normalized spacial score (nSPS) is 10.5. The average molecular weight is 241 g/mol. The first-order valence-corrected chi connectivity index (χ1v) is 4.32. The fourth-order valence-electron chi connectivity index (χ4n) is 1.05. The number of carbonyl (C=O) groups excluding carboxylic acids is 1. The number of benzene rings is 1. The van der Waals surface area contributed by atoms with Crippen LogP contribution < -0.4 is 5.73 Å². The zero-order valence-corrected chi connectivity index (χ0v) is 8.04. The molecule has 66 valence electrons. The standard InChI is InChI=1S/C8H5BrN2O2/c9-8-11-5-3-4(7(10)12)1-2-6(5)13-8/h1-3H,(H2,10,12). The molecule has 5 heteroatoms. The van der Waals surface area contributed by atoms with E-state index in [1.807, 2.05) is 0 Å². The summed E-state index contributed by atoms with van der Waals surface area (Å²) in [6.07, 6.45) is 0. The molecule has 0 bridgehead atoms. The van der Waals surface area contributed by atoms with Gasteiger partial charge >= 0.3 is 0 Å². The molecule has 0 aliphatic rings. The summed E-state index contributed by atoms with van der Waals surface area (Å²) < 4.78 is 5.16. The SMILES string of the molecule is NC(=O)c1ccc2oc(Br)nc2c1. The smallest absolute Gasteiger partial charge is 0.265 e. The van der Waals surface area contributed by atoms with Crippen LogP contribution in [0.5, 0.6) is 0 Å². The molecular weight excluding hydrogens is 236 g/mol. The van der Waals surface area contributed by atoms with Gasteiger partial charge in [-0.15, -0.1) is 0 Å². The zero-order chi connectivity index (χ0) is 9.42. The number of rotatable bonds is 1. The zero-order valence-electron chi connectivity index (χ0n) is 6.45. The number of amides is 1. The van der Waals surface area contributed by atoms with Crippen molar-refractivity contribution in [2.75, 3.05) is 0 Å². The topological polar surface area (TPSA) is 69.1 Å². The van der Waals surface area contributed by atoms with E-state index >= 15 is 0 Å². The van der Waals surface area contributed by atoms with Crippen molar-refractivity contribution in [3.8, 4) is 0 Å². The second-order valence-electron chi connectivity index (χ2n) is 2.51. The molecule has 2 N–H and O–H groups in total. The van der Waals surface area contributed by atoms with Crippen molar-refractivity contribution in [1.29, 1.82) is 0 Å². The lowest BCUT2D eigenvalue weighted by atomic mass is 10.2. The minimum atomic E-state index is -0.471. The van der Waals surface area contributed by atoms with Gasteiger partial charge in [0.15, 0.2) is 5.58 Å². The van der Waals surface area contributed by atoms with E-state index in [1.54, 1.807) is 18.2 Å². The van der Waals surface area contributed by atoms with Gasteiger partial charge in [-0.25, -0.2) is 4.98 Å². The first kappa shape index (κ1) is 8.25. The Bertz CT molecular complexity index is 478. The summed E-state index contributed by atoms with van der Waals surface area (Å²) in [6.45, 7) is 0. The van der Waals surface area contributed by atoms with Gasteiger partial charge in [0.25, 0.3) is 4.80 Å². The Balaban J connectivity index is 2.67. The van der Waals surface area contributed by atoms with E-state index in [-0.39, 0.29) is 0 Å². The van der Waals surface area contributed by atoms with Gasteiger partial charge in [0.05, 0.1) is 0 Å². The molecule has 0 radical (unpaired) electrons. The van der Waals surface area contributed by atoms with E-state index in [1.165, 1.54) is 0 Å². The third kappa shape index (κ3) is 1.42. The lowest BCUT2D eigenvalue weighted by molar-refractivity contribution is 0.100. The summed E-state index contributed by atoms with van der Waals surface area (Å²) in [6, 6.07) is 4.85. The predicted molar refractivity (Wildman–Crippen MR) is 50.2 cm³/mol. The molecule has 2 aromatic rings. The Hall–Kier alpha value is -1.36. The first-order valence-electron chi connectivity index (χ1n) is 3.53. The van der Waals surface area contributed by atoms with Crippen molar-refractivity contribution in [2.45, 2.75) is 0 Å². The van der Waals surface area contributed by atoms with Crippen LogP contribution >= 0.6 is 15.9 Å². The lowest BCUT2D eigenvalue weighted by Crippen LogP contribution is -2.10. The van der Waals surface area contributed by atoms with Gasteiger partial charge in [-0.05, 0) is 18.2 Å². The van der Waals surface area contributed by atoms with Gasteiger partial charge in [0.1, 0.15) is 5.52 Å². The van der Waals surface area contributed by atoms with E-state index < -0.39 is 5.91 Å². The number of hydrogen-bond acceptors (Lipinski definition) is 3. The largest absolute Gasteiger partial charge is 0.431 e. The second kappa shape index (κ2) is 2.85. The predicted octanol–water partition coefficient (Wildman–Crippen LogP) is 1.69. The van der Waals surface area contributed by atoms with E-state index in [0.29, 0.717) is 21.5 Å². The Morgan fingerprint density at radius 2 is 2.31 bits per heavy atom. The van der Waals surface area contributed by atoms with Crippen LogP contribution in [0.25, 0.3) is 11.1 Å². The van der Waals surface area contributed by atoms with Gasteiger partial charge in [0, 0.05) is 21.5 Å². The molecule has 0 atom stereocenters. The van der Waals surface area contributed by atoms with Crippen molar-refractivity contribution in [3.05, 3.63) is 28.6 Å². The minimum absolute atomic E-state index is 0.393. The molecule has 2 rings (SSSR count). The maximum atomic E-state index is 10.8. The van der Waals surface area contributed by atoms with Crippen molar-refractivity contribution < 1.29 is 9.21 Å². The van der Waals surface area contributed by atoms with Crippen LogP contribution in [-0.4, -0.2) is 10.9 Å². The van der Waals surface area contributed by atoms with E-state index in [2.05, 4.69) is 20.9 Å². The number of oxazole rings is 1. The summed E-state index contributed by atoms with van der Waals surface area (Å²) >= 11 is 3.09. The first-order chi connectivity index (χ1) is 6.16. The number of primary amides is 1. The van der Waals surface area contributed by atoms with Gasteiger partial charge < -0.3 is 10.2 Å². The lowest BCUT2D eigenvalue weighted by Gasteiger charge is -1.92. The van der Waals surface area contributed by atoms with Gasteiger partial charge in [-0.1, -0.05) is 0 Å². The quantitative estimate of drug-likeness (QED) is 0.825. The van der Waals surface area contributed by atoms with Crippen LogP contribution in [0.2, 0.25) is 0 Å². The Kier molecular flexibility index (Phi) is 1.81. The van der Waals surface area contributed by atoms with Crippen molar-refractivity contribution in [2.24, 2.45) is 5.73 Å². The second-order valence-corrected chi connectivity index (χ2v) is 3.19. The fraction of sp³-hybridized carbons (Fsp3) is 0. The summed E-state index contributed by atoms with van der Waals surface area (Å²) in [4.78, 5) is 15.2. The molecule has 0 unspecified atom stereocenters. The molecule has 1 heterocycles. The van der Waals surface area contributed by atoms with Crippen LogP contribution in [-0.2, 0) is 0 Å². The molecule has 1 amide bonds. The van der Waals surface area contributed by atoms with Crippen LogP contribution in [0.15, 0.2) is 27.4 Å². The maximum Gasteiger partial charge on any atom is 0.265 e. The highest BCUT2D eigenvalue weighted by Gasteiger charge is 2.06. The third-order valence-electron chi connectivity index (χ3n) is 1.65. The van der Waals surface area contributed by atoms with Crippen molar-refractivity contribution in [1.82, 2.24) is 4.98 Å². The van der Waals surface area contributed by atoms with Crippen LogP contribution in [0.3, 0.4) is 0 Å². The van der Waals surface area contributed by atoms with Crippen LogP contribution in [0, 0.1) is 0 Å². The molecule has 0 saturated carbocycles. The number of carbonyl (C=O) groups is 1. The van der Waals surface area contributed by atoms with E-state index in [4.69, 9.17) is 10.2 Å². The molecule has 1 aromatic heterocycles. The highest BCUT2D eigenvalue weighted by Crippen LogP contribution is 2.19. The van der Waals surface area contributed by atoms with E-state index in [9.17, 15) is 4.79 Å². The molecule has 0 aliphatic heterocycles. The number of nitrogens with zero attached hydrogens (tertiary/aromatic N) is 1. The third-order valence-corrected chi connectivity index (χ3v) is 1.99. The Labute approximate surface area is 81.9 Å². The van der Waals surface area contributed by atoms with Gasteiger partial charge in [-0.2, -0.15) is 0 Å². The monoisotopic (exact) mass is 240 g/mol. The molecule has 0 spiro atoms. The Morgan fingerprint density at radius 1 is 1.54 bits per heavy atom. The van der Waals surface area contributed by atoms with Crippen molar-refractivity contribution >= 4 is 32.9 Å². The number of hydrogen-bond donors (Lipinski definition) is 1. The van der Waals surface area contributed by atoms with E-state index in [0.717, 1.165) is 0 Å². The number of nitrogens with two attached hydrogens (primary N) is 1. The summed E-state index contributed by atoms with van der Waals surface area (Å²) in [5, 5.41) is 0. The minimum Gasteiger partial charge on any atom is -0.431 e. The van der Waals surface area contributed by atoms with Crippen LogP contribution in [0.4, 0.5) is 0 Å². The summed E-state index contributed by atoms with van der Waals surface area (Å²) in [7, 11) is 0. The fourth-order valence-corrected chi connectivity index (χ4v) is 1.42. The maximum absolute atomic E-state index is 10.8. The summed E-state index contributed by atoms with van der Waals surface area (Å²) in [5.41, 5.74) is 6.76. The number of fused-ring (bicyclic) bond motifs is 1. The molecule has 0 saturated heterocycles. The molecule has 0 fully saturated rings. The van der Waals surface area contributed by atoms with Crippen molar-refractivity contribution in [3.63, 3.8) is 0 Å². The highest BCUT2D eigenvalue weighted by molar-refractivity contribution is 9.10. The molecular formula is C8H5BrN2O2. The highest BCUT2D eigenvalue weighted by atomic mass is 79.9.